The van der Waals surface area contributed by atoms with E-state index in [-0.39, 0.29) is 11.9 Å². The maximum atomic E-state index is 12.1. The van der Waals surface area contributed by atoms with E-state index in [1.807, 2.05) is 35.8 Å². The predicted molar refractivity (Wildman–Crippen MR) is 86.1 cm³/mol. The molecule has 3 N–H and O–H groups in total. The summed E-state index contributed by atoms with van der Waals surface area (Å²) >= 11 is 3.41. The molecule has 0 aliphatic carbocycles. The SMILES string of the molecule is CC(Cc1ccc(Br)cc1)NC(=O)c1cn(CCN)cn1. The summed E-state index contributed by atoms with van der Waals surface area (Å²) in [5.74, 6) is -0.157. The summed E-state index contributed by atoms with van der Waals surface area (Å²) in [5.41, 5.74) is 7.07. The normalized spacial score (nSPS) is 12.1. The van der Waals surface area contributed by atoms with Gasteiger partial charge < -0.3 is 15.6 Å². The van der Waals surface area contributed by atoms with Crippen LogP contribution in [0.5, 0.6) is 0 Å². The molecule has 1 heterocycles. The molecule has 0 saturated carbocycles. The monoisotopic (exact) mass is 350 g/mol. The highest BCUT2D eigenvalue weighted by Crippen LogP contribution is 2.12. The predicted octanol–water partition coefficient (Wildman–Crippen LogP) is 1.97. The minimum Gasteiger partial charge on any atom is -0.348 e. The van der Waals surface area contributed by atoms with Gasteiger partial charge in [-0.1, -0.05) is 28.1 Å². The quantitative estimate of drug-likeness (QED) is 0.836. The lowest BCUT2D eigenvalue weighted by atomic mass is 10.1. The van der Waals surface area contributed by atoms with Crippen molar-refractivity contribution >= 4 is 21.8 Å². The average molecular weight is 351 g/mol. The van der Waals surface area contributed by atoms with Gasteiger partial charge in [0, 0.05) is 29.8 Å². The smallest absolute Gasteiger partial charge is 0.271 e. The Bertz CT molecular complexity index is 594. The first-order valence-electron chi connectivity index (χ1n) is 6.85. The highest BCUT2D eigenvalue weighted by Gasteiger charge is 2.12. The van der Waals surface area contributed by atoms with Gasteiger partial charge in [0.05, 0.1) is 6.33 Å². The molecule has 0 saturated heterocycles. The highest BCUT2D eigenvalue weighted by atomic mass is 79.9. The Balaban J connectivity index is 1.90. The summed E-state index contributed by atoms with van der Waals surface area (Å²) in [5, 5.41) is 2.96. The number of rotatable bonds is 6. The molecule has 0 spiro atoms. The van der Waals surface area contributed by atoms with Crippen molar-refractivity contribution in [3.05, 3.63) is 52.5 Å². The van der Waals surface area contributed by atoms with Crippen molar-refractivity contribution in [1.82, 2.24) is 14.9 Å². The van der Waals surface area contributed by atoms with E-state index < -0.39 is 0 Å². The number of halogens is 1. The molecule has 1 atom stereocenters. The first-order chi connectivity index (χ1) is 10.1. The number of nitrogens with one attached hydrogen (secondary N) is 1. The molecule has 112 valence electrons. The molecule has 21 heavy (non-hydrogen) atoms. The molecule has 0 fully saturated rings. The summed E-state index contributed by atoms with van der Waals surface area (Å²) in [6.45, 7) is 3.17. The van der Waals surface area contributed by atoms with Gasteiger partial charge in [0.1, 0.15) is 5.69 Å². The summed E-state index contributed by atoms with van der Waals surface area (Å²) < 4.78 is 2.86. The second-order valence-electron chi connectivity index (χ2n) is 4.99. The molecular weight excluding hydrogens is 332 g/mol. The van der Waals surface area contributed by atoms with E-state index in [0.29, 0.717) is 18.8 Å². The maximum Gasteiger partial charge on any atom is 0.271 e. The van der Waals surface area contributed by atoms with E-state index in [0.717, 1.165) is 10.9 Å². The molecule has 1 aromatic carbocycles. The van der Waals surface area contributed by atoms with Gasteiger partial charge in [-0.25, -0.2) is 4.98 Å². The number of carbonyl (C=O) groups is 1. The van der Waals surface area contributed by atoms with E-state index in [4.69, 9.17) is 5.73 Å². The number of benzene rings is 1. The van der Waals surface area contributed by atoms with Crippen LogP contribution < -0.4 is 11.1 Å². The van der Waals surface area contributed by atoms with Crippen molar-refractivity contribution < 1.29 is 4.79 Å². The molecule has 0 bridgehead atoms. The highest BCUT2D eigenvalue weighted by molar-refractivity contribution is 9.10. The van der Waals surface area contributed by atoms with Gasteiger partial charge in [0.15, 0.2) is 0 Å². The number of carbonyl (C=O) groups excluding carboxylic acids is 1. The topological polar surface area (TPSA) is 72.9 Å². The molecule has 6 heteroatoms. The lowest BCUT2D eigenvalue weighted by Gasteiger charge is -2.13. The van der Waals surface area contributed by atoms with Crippen molar-refractivity contribution in [2.45, 2.75) is 25.9 Å². The number of amides is 1. The Labute approximate surface area is 132 Å². The third-order valence-corrected chi connectivity index (χ3v) is 3.61. The molecule has 2 aromatic rings. The molecule has 0 aliphatic heterocycles. The molecular formula is C15H19BrN4O. The van der Waals surface area contributed by atoms with E-state index in [1.54, 1.807) is 12.5 Å². The fourth-order valence-electron chi connectivity index (χ4n) is 2.07. The van der Waals surface area contributed by atoms with E-state index >= 15 is 0 Å². The van der Waals surface area contributed by atoms with E-state index in [2.05, 4.69) is 26.2 Å². The molecule has 1 amide bonds. The third kappa shape index (κ3) is 4.68. The molecule has 1 aromatic heterocycles. The Morgan fingerprint density at radius 1 is 1.43 bits per heavy atom. The van der Waals surface area contributed by atoms with E-state index in [9.17, 15) is 4.79 Å². The van der Waals surface area contributed by atoms with Gasteiger partial charge >= 0.3 is 0 Å². The number of nitrogens with two attached hydrogens (primary N) is 1. The Kier molecular flexibility index (Phi) is 5.52. The third-order valence-electron chi connectivity index (χ3n) is 3.09. The lowest BCUT2D eigenvalue weighted by Crippen LogP contribution is -2.34. The van der Waals surface area contributed by atoms with Crippen molar-refractivity contribution in [2.24, 2.45) is 5.73 Å². The Morgan fingerprint density at radius 3 is 2.81 bits per heavy atom. The van der Waals surface area contributed by atoms with Crippen LogP contribution >= 0.6 is 15.9 Å². The summed E-state index contributed by atoms with van der Waals surface area (Å²) in [6, 6.07) is 8.13. The Morgan fingerprint density at radius 2 is 2.14 bits per heavy atom. The molecule has 5 nitrogen and oxygen atoms in total. The standard InChI is InChI=1S/C15H19BrN4O/c1-11(8-12-2-4-13(16)5-3-12)19-15(21)14-9-20(7-6-17)10-18-14/h2-5,9-11H,6-8,17H2,1H3,(H,19,21). The van der Waals surface area contributed by atoms with Crippen LogP contribution in [0.25, 0.3) is 0 Å². The van der Waals surface area contributed by atoms with E-state index in [1.165, 1.54) is 5.56 Å². The maximum absolute atomic E-state index is 12.1. The zero-order valence-corrected chi connectivity index (χ0v) is 13.5. The number of hydrogen-bond donors (Lipinski definition) is 2. The first-order valence-corrected chi connectivity index (χ1v) is 7.65. The summed E-state index contributed by atoms with van der Waals surface area (Å²) in [6.07, 6.45) is 4.12. The van der Waals surface area contributed by atoms with Gasteiger partial charge in [-0.3, -0.25) is 4.79 Å². The molecule has 0 radical (unpaired) electrons. The zero-order chi connectivity index (χ0) is 15.2. The van der Waals surface area contributed by atoms with Gasteiger partial charge in [0.25, 0.3) is 5.91 Å². The largest absolute Gasteiger partial charge is 0.348 e. The number of aromatic nitrogens is 2. The van der Waals surface area contributed by atoms with Crippen LogP contribution in [0.1, 0.15) is 23.0 Å². The molecule has 0 aliphatic rings. The number of hydrogen-bond acceptors (Lipinski definition) is 3. The zero-order valence-electron chi connectivity index (χ0n) is 11.9. The van der Waals surface area contributed by atoms with Gasteiger partial charge in [-0.2, -0.15) is 0 Å². The fourth-order valence-corrected chi connectivity index (χ4v) is 2.34. The fraction of sp³-hybridized carbons (Fsp3) is 0.333. The van der Waals surface area contributed by atoms with Gasteiger partial charge in [-0.05, 0) is 31.0 Å². The summed E-state index contributed by atoms with van der Waals surface area (Å²) in [4.78, 5) is 16.2. The van der Waals surface area contributed by atoms with Crippen LogP contribution in [0.4, 0.5) is 0 Å². The molecule has 2 rings (SSSR count). The van der Waals surface area contributed by atoms with Crippen molar-refractivity contribution in [3.63, 3.8) is 0 Å². The van der Waals surface area contributed by atoms with Gasteiger partial charge in [-0.15, -0.1) is 0 Å². The van der Waals surface area contributed by atoms with Crippen LogP contribution in [0.15, 0.2) is 41.3 Å². The van der Waals surface area contributed by atoms with Gasteiger partial charge in [0.2, 0.25) is 0 Å². The molecule has 1 unspecified atom stereocenters. The first kappa shape index (κ1) is 15.7. The average Bonchev–Trinajstić information content (AvgIpc) is 2.90. The van der Waals surface area contributed by atoms with Crippen LogP contribution in [0.2, 0.25) is 0 Å². The van der Waals surface area contributed by atoms with Crippen LogP contribution in [0, 0.1) is 0 Å². The summed E-state index contributed by atoms with van der Waals surface area (Å²) in [7, 11) is 0. The number of nitrogens with zero attached hydrogens (tertiary/aromatic N) is 2. The van der Waals surface area contributed by atoms with Crippen LogP contribution in [-0.2, 0) is 13.0 Å². The van der Waals surface area contributed by atoms with Crippen LogP contribution in [0.3, 0.4) is 0 Å². The van der Waals surface area contributed by atoms with Crippen molar-refractivity contribution in [1.29, 1.82) is 0 Å². The number of imidazole rings is 1. The minimum atomic E-state index is -0.157. The second-order valence-corrected chi connectivity index (χ2v) is 5.91. The Hall–Kier alpha value is -1.66. The van der Waals surface area contributed by atoms with Crippen molar-refractivity contribution in [3.8, 4) is 0 Å². The lowest BCUT2D eigenvalue weighted by molar-refractivity contribution is 0.0935. The minimum absolute atomic E-state index is 0.0401. The second kappa shape index (κ2) is 7.38. The van der Waals surface area contributed by atoms with Crippen LogP contribution in [-0.4, -0.2) is 28.0 Å². The van der Waals surface area contributed by atoms with Crippen molar-refractivity contribution in [2.75, 3.05) is 6.54 Å².